The van der Waals surface area contributed by atoms with Crippen molar-refractivity contribution in [3.8, 4) is 5.88 Å². The van der Waals surface area contributed by atoms with E-state index in [4.69, 9.17) is 4.74 Å². The summed E-state index contributed by atoms with van der Waals surface area (Å²) in [7, 11) is 1.62. The first-order valence-corrected chi connectivity index (χ1v) is 6.44. The Kier molecular flexibility index (Phi) is 4.18. The third-order valence-corrected chi connectivity index (χ3v) is 3.63. The van der Waals surface area contributed by atoms with E-state index in [1.165, 1.54) is 32.1 Å². The van der Waals surface area contributed by atoms with Crippen LogP contribution in [0.15, 0.2) is 12.4 Å². The highest BCUT2D eigenvalue weighted by Gasteiger charge is 2.19. The van der Waals surface area contributed by atoms with Crippen molar-refractivity contribution >= 4 is 5.82 Å². The minimum atomic E-state index is 0.553. The van der Waals surface area contributed by atoms with Crippen molar-refractivity contribution in [2.45, 2.75) is 45.1 Å². The topological polar surface area (TPSA) is 47.0 Å². The maximum Gasteiger partial charge on any atom is 0.218 e. The van der Waals surface area contributed by atoms with Crippen LogP contribution in [0.25, 0.3) is 0 Å². The van der Waals surface area contributed by atoms with E-state index in [1.54, 1.807) is 13.4 Å². The van der Waals surface area contributed by atoms with Gasteiger partial charge in [-0.15, -0.1) is 0 Å². The molecule has 0 bridgehead atoms. The van der Waals surface area contributed by atoms with E-state index in [1.807, 2.05) is 6.07 Å². The molecule has 1 fully saturated rings. The average Bonchev–Trinajstić information content (AvgIpc) is 2.40. The summed E-state index contributed by atoms with van der Waals surface area (Å²) in [5.41, 5.74) is 0. The van der Waals surface area contributed by atoms with Gasteiger partial charge in [-0.1, -0.05) is 13.3 Å². The van der Waals surface area contributed by atoms with Gasteiger partial charge in [0.1, 0.15) is 12.1 Å². The molecule has 0 spiro atoms. The maximum atomic E-state index is 5.09. The highest BCUT2D eigenvalue weighted by Crippen LogP contribution is 2.28. The summed E-state index contributed by atoms with van der Waals surface area (Å²) in [6.45, 7) is 2.29. The standard InChI is InChI=1S/C13H21N3O/c1-3-10-4-6-11(7-5-10)16-12-8-13(17-2)15-9-14-12/h8-11H,3-7H2,1-2H3,(H,14,15,16). The second kappa shape index (κ2) is 5.84. The number of ether oxygens (including phenoxy) is 1. The molecule has 1 aliphatic rings. The lowest BCUT2D eigenvalue weighted by Crippen LogP contribution is -2.26. The van der Waals surface area contributed by atoms with Gasteiger partial charge in [0, 0.05) is 12.1 Å². The third-order valence-electron chi connectivity index (χ3n) is 3.63. The molecule has 4 nitrogen and oxygen atoms in total. The SMILES string of the molecule is CCC1CCC(Nc2cc(OC)ncn2)CC1. The summed E-state index contributed by atoms with van der Waals surface area (Å²) < 4.78 is 5.09. The molecule has 17 heavy (non-hydrogen) atoms. The van der Waals surface area contributed by atoms with E-state index < -0.39 is 0 Å². The van der Waals surface area contributed by atoms with Crippen LogP contribution in [0.1, 0.15) is 39.0 Å². The monoisotopic (exact) mass is 235 g/mol. The van der Waals surface area contributed by atoms with Crippen molar-refractivity contribution in [1.82, 2.24) is 9.97 Å². The third kappa shape index (κ3) is 3.32. The maximum absolute atomic E-state index is 5.09. The molecule has 4 heteroatoms. The molecule has 1 N–H and O–H groups in total. The molecule has 2 rings (SSSR count). The Morgan fingerprint density at radius 2 is 2.06 bits per heavy atom. The first-order valence-electron chi connectivity index (χ1n) is 6.44. The van der Waals surface area contributed by atoms with E-state index in [0.29, 0.717) is 11.9 Å². The lowest BCUT2D eigenvalue weighted by molar-refractivity contribution is 0.329. The zero-order chi connectivity index (χ0) is 12.1. The number of anilines is 1. The summed E-state index contributed by atoms with van der Waals surface area (Å²) in [5.74, 6) is 2.41. The molecule has 0 aromatic carbocycles. The zero-order valence-corrected chi connectivity index (χ0v) is 10.6. The van der Waals surface area contributed by atoms with Crippen LogP contribution in [-0.4, -0.2) is 23.1 Å². The molecule has 0 atom stereocenters. The van der Waals surface area contributed by atoms with Crippen molar-refractivity contribution in [3.63, 3.8) is 0 Å². The van der Waals surface area contributed by atoms with Gasteiger partial charge in [-0.25, -0.2) is 9.97 Å². The van der Waals surface area contributed by atoms with E-state index in [2.05, 4.69) is 22.2 Å². The first-order chi connectivity index (χ1) is 8.31. The van der Waals surface area contributed by atoms with Gasteiger partial charge in [-0.3, -0.25) is 0 Å². The predicted octanol–water partition coefficient (Wildman–Crippen LogP) is 2.87. The molecule has 1 aliphatic carbocycles. The van der Waals surface area contributed by atoms with Crippen LogP contribution in [0, 0.1) is 5.92 Å². The first kappa shape index (κ1) is 12.1. The zero-order valence-electron chi connectivity index (χ0n) is 10.6. The normalized spacial score (nSPS) is 24.4. The molecule has 94 valence electrons. The molecule has 1 saturated carbocycles. The number of nitrogens with zero attached hydrogens (tertiary/aromatic N) is 2. The van der Waals surface area contributed by atoms with Crippen molar-refractivity contribution in [2.24, 2.45) is 5.92 Å². The van der Waals surface area contributed by atoms with Gasteiger partial charge in [0.2, 0.25) is 5.88 Å². The van der Waals surface area contributed by atoms with Crippen molar-refractivity contribution in [1.29, 1.82) is 0 Å². The van der Waals surface area contributed by atoms with Gasteiger partial charge >= 0.3 is 0 Å². The number of hydrogen-bond donors (Lipinski definition) is 1. The predicted molar refractivity (Wildman–Crippen MR) is 68.2 cm³/mol. The summed E-state index contributed by atoms with van der Waals surface area (Å²) in [4.78, 5) is 8.22. The summed E-state index contributed by atoms with van der Waals surface area (Å²) >= 11 is 0. The van der Waals surface area contributed by atoms with Crippen LogP contribution < -0.4 is 10.1 Å². The summed E-state index contributed by atoms with van der Waals surface area (Å²) in [5, 5.41) is 3.47. The minimum Gasteiger partial charge on any atom is -0.481 e. The van der Waals surface area contributed by atoms with Crippen molar-refractivity contribution < 1.29 is 4.74 Å². The number of rotatable bonds is 4. The molecular weight excluding hydrogens is 214 g/mol. The van der Waals surface area contributed by atoms with E-state index in [0.717, 1.165) is 11.7 Å². The van der Waals surface area contributed by atoms with Crippen LogP contribution >= 0.6 is 0 Å². The fourth-order valence-electron chi connectivity index (χ4n) is 2.45. The largest absolute Gasteiger partial charge is 0.481 e. The molecule has 0 aliphatic heterocycles. The van der Waals surface area contributed by atoms with Crippen LogP contribution in [0.2, 0.25) is 0 Å². The van der Waals surface area contributed by atoms with Crippen LogP contribution in [0.5, 0.6) is 5.88 Å². The second-order valence-electron chi connectivity index (χ2n) is 4.72. The number of nitrogens with one attached hydrogen (secondary N) is 1. The Morgan fingerprint density at radius 3 is 2.71 bits per heavy atom. The van der Waals surface area contributed by atoms with Crippen molar-refractivity contribution in [3.05, 3.63) is 12.4 Å². The van der Waals surface area contributed by atoms with E-state index in [-0.39, 0.29) is 0 Å². The molecule has 0 amide bonds. The van der Waals surface area contributed by atoms with Gasteiger partial charge < -0.3 is 10.1 Å². The van der Waals surface area contributed by atoms with E-state index in [9.17, 15) is 0 Å². The van der Waals surface area contributed by atoms with Gasteiger partial charge in [0.15, 0.2) is 0 Å². The molecule has 1 aromatic rings. The Hall–Kier alpha value is -1.32. The molecule has 1 heterocycles. The summed E-state index contributed by atoms with van der Waals surface area (Å²) in [6, 6.07) is 2.41. The van der Waals surface area contributed by atoms with Gasteiger partial charge in [0.25, 0.3) is 0 Å². The van der Waals surface area contributed by atoms with Crippen molar-refractivity contribution in [2.75, 3.05) is 12.4 Å². The Bertz CT molecular complexity index is 348. The molecular formula is C13H21N3O. The summed E-state index contributed by atoms with van der Waals surface area (Å²) in [6.07, 6.45) is 8.00. The quantitative estimate of drug-likeness (QED) is 0.871. The van der Waals surface area contributed by atoms with E-state index >= 15 is 0 Å². The lowest BCUT2D eigenvalue weighted by Gasteiger charge is -2.28. The molecule has 0 radical (unpaired) electrons. The van der Waals surface area contributed by atoms with Gasteiger partial charge in [-0.2, -0.15) is 0 Å². The van der Waals surface area contributed by atoms with Gasteiger partial charge in [0.05, 0.1) is 7.11 Å². The minimum absolute atomic E-state index is 0.553. The number of aromatic nitrogens is 2. The Balaban J connectivity index is 1.88. The Morgan fingerprint density at radius 1 is 1.29 bits per heavy atom. The fourth-order valence-corrected chi connectivity index (χ4v) is 2.45. The van der Waals surface area contributed by atoms with Gasteiger partial charge in [-0.05, 0) is 31.6 Å². The average molecular weight is 235 g/mol. The van der Waals surface area contributed by atoms with Crippen LogP contribution in [0.3, 0.4) is 0 Å². The molecule has 0 saturated heterocycles. The number of hydrogen-bond acceptors (Lipinski definition) is 4. The van der Waals surface area contributed by atoms with Crippen LogP contribution in [0.4, 0.5) is 5.82 Å². The lowest BCUT2D eigenvalue weighted by atomic mass is 9.84. The Labute approximate surface area is 103 Å². The highest BCUT2D eigenvalue weighted by atomic mass is 16.5. The molecule has 1 aromatic heterocycles. The smallest absolute Gasteiger partial charge is 0.218 e. The second-order valence-corrected chi connectivity index (χ2v) is 4.72. The fraction of sp³-hybridized carbons (Fsp3) is 0.692. The number of methoxy groups -OCH3 is 1. The molecule has 0 unspecified atom stereocenters. The van der Waals surface area contributed by atoms with Crippen LogP contribution in [-0.2, 0) is 0 Å². The highest BCUT2D eigenvalue weighted by molar-refractivity contribution is 5.38.